The highest BCUT2D eigenvalue weighted by molar-refractivity contribution is 7.90. The van der Waals surface area contributed by atoms with E-state index in [1.807, 2.05) is 24.9 Å². The smallest absolute Gasteiger partial charge is 0.255 e. The maximum atomic E-state index is 12.8. The Hall–Kier alpha value is -2.71. The van der Waals surface area contributed by atoms with Gasteiger partial charge >= 0.3 is 0 Å². The van der Waals surface area contributed by atoms with E-state index in [9.17, 15) is 18.0 Å². The van der Waals surface area contributed by atoms with Crippen molar-refractivity contribution in [2.75, 3.05) is 44.8 Å². The normalized spacial score (nSPS) is 15.2. The summed E-state index contributed by atoms with van der Waals surface area (Å²) in [6, 6.07) is 11.0. The standard InChI is InChI=1S/C21H25N3O4S/c1-15-4-5-17(21(26)24-12-10-23(2)11-13-24)14-19(15)22-20(25)16-6-8-18(9-7-16)29(3,27)28/h4-9,14H,10-13H2,1-3H3,(H,22,25). The summed E-state index contributed by atoms with van der Waals surface area (Å²) in [6.45, 7) is 4.89. The van der Waals surface area contributed by atoms with Crippen LogP contribution in [-0.4, -0.2) is 69.5 Å². The number of piperazine rings is 1. The average molecular weight is 416 g/mol. The fourth-order valence-electron chi connectivity index (χ4n) is 3.13. The number of likely N-dealkylation sites (N-methyl/N-ethyl adjacent to an activating group) is 1. The Bertz CT molecular complexity index is 1020. The molecule has 8 heteroatoms. The van der Waals surface area contributed by atoms with Crippen molar-refractivity contribution in [3.63, 3.8) is 0 Å². The fraction of sp³-hybridized carbons (Fsp3) is 0.333. The van der Waals surface area contributed by atoms with E-state index in [2.05, 4.69) is 10.2 Å². The van der Waals surface area contributed by atoms with Crippen LogP contribution < -0.4 is 5.32 Å². The predicted octanol–water partition coefficient (Wildman–Crippen LogP) is 2.04. The van der Waals surface area contributed by atoms with E-state index in [-0.39, 0.29) is 16.7 Å². The van der Waals surface area contributed by atoms with E-state index in [0.29, 0.717) is 29.9 Å². The second-order valence-corrected chi connectivity index (χ2v) is 9.39. The Labute approximate surface area is 171 Å². The SMILES string of the molecule is Cc1ccc(C(=O)N2CCN(C)CC2)cc1NC(=O)c1ccc(S(C)(=O)=O)cc1. The number of aryl methyl sites for hydroxylation is 1. The minimum absolute atomic E-state index is 0.0499. The number of amides is 2. The van der Waals surface area contributed by atoms with Crippen molar-refractivity contribution in [2.45, 2.75) is 11.8 Å². The Kier molecular flexibility index (Phi) is 6.04. The van der Waals surface area contributed by atoms with E-state index in [0.717, 1.165) is 24.9 Å². The number of nitrogens with one attached hydrogen (secondary N) is 1. The highest BCUT2D eigenvalue weighted by Gasteiger charge is 2.21. The third-order valence-corrected chi connectivity index (χ3v) is 6.20. The highest BCUT2D eigenvalue weighted by Crippen LogP contribution is 2.20. The lowest BCUT2D eigenvalue weighted by Crippen LogP contribution is -2.47. The summed E-state index contributed by atoms with van der Waals surface area (Å²) >= 11 is 0. The maximum Gasteiger partial charge on any atom is 0.255 e. The van der Waals surface area contributed by atoms with Gasteiger partial charge in [-0.05, 0) is 55.9 Å². The average Bonchev–Trinajstić information content (AvgIpc) is 2.69. The Morgan fingerprint density at radius 1 is 0.931 bits per heavy atom. The molecular formula is C21H25N3O4S. The summed E-state index contributed by atoms with van der Waals surface area (Å²) in [5, 5.41) is 2.82. The Morgan fingerprint density at radius 3 is 2.10 bits per heavy atom. The molecule has 1 heterocycles. The first-order valence-corrected chi connectivity index (χ1v) is 11.2. The summed E-state index contributed by atoms with van der Waals surface area (Å²) in [7, 11) is -1.29. The van der Waals surface area contributed by atoms with Gasteiger partial charge in [-0.15, -0.1) is 0 Å². The molecule has 0 aliphatic carbocycles. The van der Waals surface area contributed by atoms with Crippen molar-refractivity contribution in [3.8, 4) is 0 Å². The van der Waals surface area contributed by atoms with Gasteiger partial charge in [0, 0.05) is 49.2 Å². The number of benzene rings is 2. The molecule has 0 aromatic heterocycles. The summed E-state index contributed by atoms with van der Waals surface area (Å²) < 4.78 is 23.1. The zero-order valence-electron chi connectivity index (χ0n) is 16.8. The van der Waals surface area contributed by atoms with Gasteiger partial charge in [-0.1, -0.05) is 6.07 Å². The molecule has 1 saturated heterocycles. The van der Waals surface area contributed by atoms with Crippen LogP contribution in [-0.2, 0) is 9.84 Å². The van der Waals surface area contributed by atoms with Crippen molar-refractivity contribution in [2.24, 2.45) is 0 Å². The van der Waals surface area contributed by atoms with Crippen LogP contribution in [0.15, 0.2) is 47.4 Å². The molecule has 29 heavy (non-hydrogen) atoms. The number of sulfone groups is 1. The molecule has 1 fully saturated rings. The van der Waals surface area contributed by atoms with Crippen molar-refractivity contribution < 1.29 is 18.0 Å². The summed E-state index contributed by atoms with van der Waals surface area (Å²) in [6.07, 6.45) is 1.12. The lowest BCUT2D eigenvalue weighted by molar-refractivity contribution is 0.0664. The minimum Gasteiger partial charge on any atom is -0.336 e. The molecule has 2 aromatic carbocycles. The van der Waals surface area contributed by atoms with Crippen LogP contribution in [0.3, 0.4) is 0 Å². The lowest BCUT2D eigenvalue weighted by Gasteiger charge is -2.32. The topological polar surface area (TPSA) is 86.8 Å². The zero-order valence-corrected chi connectivity index (χ0v) is 17.6. The molecule has 0 bridgehead atoms. The van der Waals surface area contributed by atoms with E-state index in [1.54, 1.807) is 12.1 Å². The molecule has 0 saturated carbocycles. The number of hydrogen-bond donors (Lipinski definition) is 1. The molecule has 0 atom stereocenters. The van der Waals surface area contributed by atoms with Crippen LogP contribution in [0.25, 0.3) is 0 Å². The molecule has 2 amide bonds. The zero-order chi connectivity index (χ0) is 21.2. The van der Waals surface area contributed by atoms with Crippen molar-refractivity contribution in [3.05, 3.63) is 59.2 Å². The van der Waals surface area contributed by atoms with Crippen LogP contribution in [0.1, 0.15) is 26.3 Å². The van der Waals surface area contributed by atoms with Crippen molar-refractivity contribution >= 4 is 27.3 Å². The quantitative estimate of drug-likeness (QED) is 0.826. The molecular weight excluding hydrogens is 390 g/mol. The summed E-state index contributed by atoms with van der Waals surface area (Å²) in [5.74, 6) is -0.413. The van der Waals surface area contributed by atoms with Gasteiger partial charge in [-0.2, -0.15) is 0 Å². The summed E-state index contributed by atoms with van der Waals surface area (Å²) in [5.41, 5.74) is 2.26. The van der Waals surface area contributed by atoms with E-state index >= 15 is 0 Å². The maximum absolute atomic E-state index is 12.8. The van der Waals surface area contributed by atoms with Gasteiger partial charge in [0.15, 0.2) is 9.84 Å². The second-order valence-electron chi connectivity index (χ2n) is 7.38. The van der Waals surface area contributed by atoms with Gasteiger partial charge in [0.2, 0.25) is 0 Å². The first-order chi connectivity index (χ1) is 13.6. The monoisotopic (exact) mass is 415 g/mol. The third kappa shape index (κ3) is 5.02. The fourth-order valence-corrected chi connectivity index (χ4v) is 3.76. The van der Waals surface area contributed by atoms with Gasteiger partial charge < -0.3 is 15.1 Å². The van der Waals surface area contributed by atoms with Crippen LogP contribution in [0, 0.1) is 6.92 Å². The number of carbonyl (C=O) groups is 2. The number of carbonyl (C=O) groups excluding carboxylic acids is 2. The highest BCUT2D eigenvalue weighted by atomic mass is 32.2. The number of hydrogen-bond acceptors (Lipinski definition) is 5. The Morgan fingerprint density at radius 2 is 1.52 bits per heavy atom. The van der Waals surface area contributed by atoms with Crippen molar-refractivity contribution in [1.29, 1.82) is 0 Å². The largest absolute Gasteiger partial charge is 0.336 e. The van der Waals surface area contributed by atoms with Crippen LogP contribution >= 0.6 is 0 Å². The van der Waals surface area contributed by atoms with Crippen LogP contribution in [0.5, 0.6) is 0 Å². The van der Waals surface area contributed by atoms with Gasteiger partial charge in [0.1, 0.15) is 0 Å². The second kappa shape index (κ2) is 8.34. The van der Waals surface area contributed by atoms with E-state index in [1.165, 1.54) is 24.3 Å². The number of anilines is 1. The molecule has 0 spiro atoms. The molecule has 3 rings (SSSR count). The number of rotatable bonds is 4. The minimum atomic E-state index is -3.32. The predicted molar refractivity (Wildman–Crippen MR) is 112 cm³/mol. The first-order valence-electron chi connectivity index (χ1n) is 9.35. The van der Waals surface area contributed by atoms with E-state index < -0.39 is 9.84 Å². The van der Waals surface area contributed by atoms with Gasteiger partial charge in [0.25, 0.3) is 11.8 Å². The molecule has 0 unspecified atom stereocenters. The summed E-state index contributed by atoms with van der Waals surface area (Å²) in [4.78, 5) is 29.5. The van der Waals surface area contributed by atoms with Crippen LogP contribution in [0.4, 0.5) is 5.69 Å². The molecule has 0 radical (unpaired) electrons. The van der Waals surface area contributed by atoms with Crippen molar-refractivity contribution in [1.82, 2.24) is 9.80 Å². The van der Waals surface area contributed by atoms with Gasteiger partial charge in [-0.25, -0.2) is 8.42 Å². The lowest BCUT2D eigenvalue weighted by atomic mass is 10.1. The molecule has 2 aromatic rings. The molecule has 1 aliphatic heterocycles. The van der Waals surface area contributed by atoms with Gasteiger partial charge in [-0.3, -0.25) is 9.59 Å². The van der Waals surface area contributed by atoms with E-state index in [4.69, 9.17) is 0 Å². The molecule has 1 N–H and O–H groups in total. The van der Waals surface area contributed by atoms with Gasteiger partial charge in [0.05, 0.1) is 4.90 Å². The Balaban J connectivity index is 1.76. The molecule has 1 aliphatic rings. The number of nitrogens with zero attached hydrogens (tertiary/aromatic N) is 2. The molecule has 154 valence electrons. The first kappa shape index (κ1) is 21.0. The third-order valence-electron chi connectivity index (χ3n) is 5.07. The molecule has 7 nitrogen and oxygen atoms in total. The van der Waals surface area contributed by atoms with Crippen LogP contribution in [0.2, 0.25) is 0 Å².